The lowest BCUT2D eigenvalue weighted by atomic mass is 9.72. The van der Waals surface area contributed by atoms with Crippen LogP contribution in [-0.2, 0) is 9.47 Å². The molecule has 0 aromatic heterocycles. The van der Waals surface area contributed by atoms with Crippen molar-refractivity contribution >= 4 is 6.16 Å². The molecule has 142 valence electrons. The lowest BCUT2D eigenvalue weighted by Crippen LogP contribution is -2.33. The van der Waals surface area contributed by atoms with Crippen LogP contribution in [0.5, 0.6) is 0 Å². The Morgan fingerprint density at radius 1 is 0.833 bits per heavy atom. The molecule has 0 amide bonds. The fourth-order valence-electron chi connectivity index (χ4n) is 3.43. The van der Waals surface area contributed by atoms with Gasteiger partial charge in [-0.1, -0.05) is 67.0 Å². The molecule has 0 rings (SSSR count). The van der Waals surface area contributed by atoms with E-state index in [1.807, 2.05) is 13.8 Å². The largest absolute Gasteiger partial charge is 0.508 e. The van der Waals surface area contributed by atoms with Crippen molar-refractivity contribution < 1.29 is 14.3 Å². The Bertz CT molecular complexity index is 428. The highest BCUT2D eigenvalue weighted by atomic mass is 16.7. The molecule has 0 heterocycles. The molecule has 0 radical (unpaired) electrons. The van der Waals surface area contributed by atoms with Gasteiger partial charge in [0, 0.05) is 0 Å². The minimum atomic E-state index is -0.590. The van der Waals surface area contributed by atoms with E-state index in [0.29, 0.717) is 12.0 Å². The van der Waals surface area contributed by atoms with Gasteiger partial charge in [0.15, 0.2) is 0 Å². The van der Waals surface area contributed by atoms with Crippen LogP contribution in [-0.4, -0.2) is 18.4 Å². The number of hydrogen-bond donors (Lipinski definition) is 0. The number of carbonyl (C=O) groups is 1. The van der Waals surface area contributed by atoms with Crippen molar-refractivity contribution in [3.05, 3.63) is 12.2 Å². The summed E-state index contributed by atoms with van der Waals surface area (Å²) in [6, 6.07) is 0. The molecule has 3 heteroatoms. The summed E-state index contributed by atoms with van der Waals surface area (Å²) >= 11 is 0. The molecule has 0 fully saturated rings. The van der Waals surface area contributed by atoms with Gasteiger partial charge in [-0.3, -0.25) is 0 Å². The minimum Gasteiger partial charge on any atom is -0.435 e. The number of ether oxygens (including phenoxy) is 2. The Balaban J connectivity index is 4.91. The zero-order valence-electron chi connectivity index (χ0n) is 17.7. The first-order valence-electron chi connectivity index (χ1n) is 9.20. The molecular formula is C21H40O3. The summed E-state index contributed by atoms with van der Waals surface area (Å²) in [5.74, 6) is 0. The number of hydrogen-bond acceptors (Lipinski definition) is 3. The van der Waals surface area contributed by atoms with Crippen LogP contribution < -0.4 is 0 Å². The van der Waals surface area contributed by atoms with Gasteiger partial charge in [0.2, 0.25) is 0 Å². The summed E-state index contributed by atoms with van der Waals surface area (Å²) < 4.78 is 10.3. The van der Waals surface area contributed by atoms with Gasteiger partial charge in [-0.05, 0) is 49.9 Å². The molecule has 0 bridgehead atoms. The van der Waals surface area contributed by atoms with Crippen LogP contribution in [0.2, 0.25) is 0 Å². The van der Waals surface area contributed by atoms with Gasteiger partial charge in [-0.25, -0.2) is 4.79 Å². The third kappa shape index (κ3) is 10.00. The standard InChI is InChI=1S/C21H40O3/c1-11-18(3,4)15-19(5,6)13-14-20(7,8)16-21(9,10)24-17(22)23-12-2/h13-14H,11-12,15-16H2,1-10H3/b14-13-. The summed E-state index contributed by atoms with van der Waals surface area (Å²) in [6.45, 7) is 21.8. The molecule has 0 unspecified atom stereocenters. The van der Waals surface area contributed by atoms with Crippen LogP contribution in [0.1, 0.15) is 88.5 Å². The van der Waals surface area contributed by atoms with Crippen molar-refractivity contribution in [2.24, 2.45) is 16.2 Å². The quantitative estimate of drug-likeness (QED) is 0.343. The van der Waals surface area contributed by atoms with Crippen molar-refractivity contribution in [2.45, 2.75) is 94.1 Å². The Labute approximate surface area is 150 Å². The third-order valence-corrected chi connectivity index (χ3v) is 4.38. The van der Waals surface area contributed by atoms with Crippen molar-refractivity contribution in [3.8, 4) is 0 Å². The van der Waals surface area contributed by atoms with Crippen LogP contribution in [0.3, 0.4) is 0 Å². The fraction of sp³-hybridized carbons (Fsp3) is 0.857. The first-order chi connectivity index (χ1) is 10.6. The highest BCUT2D eigenvalue weighted by Crippen LogP contribution is 2.39. The maximum Gasteiger partial charge on any atom is 0.508 e. The number of carbonyl (C=O) groups excluding carboxylic acids is 1. The monoisotopic (exact) mass is 340 g/mol. The predicted octanol–water partition coefficient (Wildman–Crippen LogP) is 6.76. The van der Waals surface area contributed by atoms with Crippen LogP contribution in [0, 0.1) is 16.2 Å². The van der Waals surface area contributed by atoms with Gasteiger partial charge in [0.1, 0.15) is 5.60 Å². The average molecular weight is 341 g/mol. The Morgan fingerprint density at radius 2 is 1.29 bits per heavy atom. The predicted molar refractivity (Wildman–Crippen MR) is 102 cm³/mol. The molecule has 0 saturated carbocycles. The minimum absolute atomic E-state index is 0.0659. The molecule has 0 N–H and O–H groups in total. The second kappa shape index (κ2) is 8.40. The van der Waals surface area contributed by atoms with Gasteiger partial charge >= 0.3 is 6.16 Å². The Morgan fingerprint density at radius 3 is 1.71 bits per heavy atom. The Kier molecular flexibility index (Phi) is 8.05. The van der Waals surface area contributed by atoms with Crippen molar-refractivity contribution in [1.82, 2.24) is 0 Å². The van der Waals surface area contributed by atoms with E-state index < -0.39 is 11.8 Å². The zero-order chi connectivity index (χ0) is 19.2. The van der Waals surface area contributed by atoms with Crippen LogP contribution >= 0.6 is 0 Å². The van der Waals surface area contributed by atoms with Gasteiger partial charge < -0.3 is 9.47 Å². The molecule has 0 spiro atoms. The van der Waals surface area contributed by atoms with Crippen molar-refractivity contribution in [1.29, 1.82) is 0 Å². The van der Waals surface area contributed by atoms with Crippen LogP contribution in [0.25, 0.3) is 0 Å². The highest BCUT2D eigenvalue weighted by Gasteiger charge is 2.32. The maximum absolute atomic E-state index is 11.6. The maximum atomic E-state index is 11.6. The normalized spacial score (nSPS) is 14.1. The van der Waals surface area contributed by atoms with E-state index in [9.17, 15) is 4.79 Å². The van der Waals surface area contributed by atoms with E-state index in [0.717, 1.165) is 12.8 Å². The summed E-state index contributed by atoms with van der Waals surface area (Å²) in [5.41, 5.74) is -0.149. The van der Waals surface area contributed by atoms with E-state index >= 15 is 0 Å². The number of rotatable bonds is 9. The van der Waals surface area contributed by atoms with Crippen LogP contribution in [0.15, 0.2) is 12.2 Å². The first kappa shape index (κ1) is 23.0. The highest BCUT2D eigenvalue weighted by molar-refractivity contribution is 5.60. The van der Waals surface area contributed by atoms with Crippen molar-refractivity contribution in [2.75, 3.05) is 6.61 Å². The summed E-state index contributed by atoms with van der Waals surface area (Å²) in [6.07, 6.45) is 7.06. The molecule has 0 atom stereocenters. The molecule has 0 aliphatic heterocycles. The SMILES string of the molecule is CCOC(=O)OC(C)(C)CC(C)(C)/C=C\C(C)(C)CC(C)(C)CC. The van der Waals surface area contributed by atoms with E-state index in [1.165, 1.54) is 6.42 Å². The smallest absolute Gasteiger partial charge is 0.435 e. The van der Waals surface area contributed by atoms with E-state index in [-0.39, 0.29) is 10.8 Å². The zero-order valence-corrected chi connectivity index (χ0v) is 17.7. The molecule has 0 saturated heterocycles. The molecule has 0 aliphatic carbocycles. The molecule has 24 heavy (non-hydrogen) atoms. The van der Waals surface area contributed by atoms with E-state index in [2.05, 4.69) is 60.6 Å². The Hall–Kier alpha value is -0.990. The molecular weight excluding hydrogens is 300 g/mol. The number of allylic oxidation sites excluding steroid dienone is 2. The first-order valence-corrected chi connectivity index (χ1v) is 9.20. The van der Waals surface area contributed by atoms with Gasteiger partial charge in [0.05, 0.1) is 6.61 Å². The van der Waals surface area contributed by atoms with E-state index in [4.69, 9.17) is 9.47 Å². The summed E-state index contributed by atoms with van der Waals surface area (Å²) in [5, 5.41) is 0. The van der Waals surface area contributed by atoms with Crippen molar-refractivity contribution in [3.63, 3.8) is 0 Å². The van der Waals surface area contributed by atoms with Gasteiger partial charge in [-0.2, -0.15) is 0 Å². The lowest BCUT2D eigenvalue weighted by molar-refractivity contribution is -0.0299. The topological polar surface area (TPSA) is 35.5 Å². The van der Waals surface area contributed by atoms with Gasteiger partial charge in [0.25, 0.3) is 0 Å². The fourth-order valence-corrected chi connectivity index (χ4v) is 3.43. The second-order valence-electron chi connectivity index (χ2n) is 9.73. The van der Waals surface area contributed by atoms with Crippen LogP contribution in [0.4, 0.5) is 4.79 Å². The summed E-state index contributed by atoms with van der Waals surface area (Å²) in [7, 11) is 0. The lowest BCUT2D eigenvalue weighted by Gasteiger charge is -2.35. The molecule has 0 aromatic rings. The summed E-state index contributed by atoms with van der Waals surface area (Å²) in [4.78, 5) is 11.6. The van der Waals surface area contributed by atoms with E-state index in [1.54, 1.807) is 6.92 Å². The third-order valence-electron chi connectivity index (χ3n) is 4.38. The average Bonchev–Trinajstić information content (AvgIpc) is 2.34. The molecule has 0 aliphatic rings. The molecule has 0 aromatic carbocycles. The second-order valence-corrected chi connectivity index (χ2v) is 9.73. The molecule has 3 nitrogen and oxygen atoms in total. The van der Waals surface area contributed by atoms with Gasteiger partial charge in [-0.15, -0.1) is 0 Å².